The van der Waals surface area contributed by atoms with Crippen LogP contribution in [0.2, 0.25) is 0 Å². The van der Waals surface area contributed by atoms with E-state index in [1.54, 1.807) is 30.3 Å². The number of Topliss-reactive ketones (excluding diaryl/α,β-unsaturated/α-hetero) is 2. The molecule has 4 aromatic carbocycles. The van der Waals surface area contributed by atoms with Gasteiger partial charge in [-0.05, 0) is 60.7 Å². The lowest BCUT2D eigenvalue weighted by Crippen LogP contribution is -1.93. The van der Waals surface area contributed by atoms with Gasteiger partial charge in [0.2, 0.25) is 0 Å². The second kappa shape index (κ2) is 8.86. The molecule has 0 saturated heterocycles. The third-order valence-electron chi connectivity index (χ3n) is 5.15. The van der Waals surface area contributed by atoms with Crippen molar-refractivity contribution >= 4 is 11.6 Å². The largest absolute Gasteiger partial charge is 0.457 e. The number of ether oxygens (including phenoxy) is 2. The van der Waals surface area contributed by atoms with Crippen molar-refractivity contribution in [3.05, 3.63) is 119 Å². The maximum atomic E-state index is 12.0. The van der Waals surface area contributed by atoms with Gasteiger partial charge in [-0.2, -0.15) is 0 Å². The highest BCUT2D eigenvalue weighted by Crippen LogP contribution is 2.31. The molecular formula is C29H18O4. The third-order valence-corrected chi connectivity index (χ3v) is 5.15. The molecule has 0 N–H and O–H groups in total. The van der Waals surface area contributed by atoms with Gasteiger partial charge in [0, 0.05) is 28.3 Å². The predicted molar refractivity (Wildman–Crippen MR) is 125 cm³/mol. The van der Waals surface area contributed by atoms with Crippen molar-refractivity contribution < 1.29 is 19.1 Å². The van der Waals surface area contributed by atoms with Crippen molar-refractivity contribution in [3.8, 4) is 34.8 Å². The summed E-state index contributed by atoms with van der Waals surface area (Å²) in [5, 5.41) is 0. The zero-order chi connectivity index (χ0) is 22.6. The Morgan fingerprint density at radius 3 is 1.85 bits per heavy atom. The van der Waals surface area contributed by atoms with Crippen molar-refractivity contribution in [2.24, 2.45) is 0 Å². The van der Waals surface area contributed by atoms with Crippen LogP contribution in [0.4, 0.5) is 0 Å². The molecule has 33 heavy (non-hydrogen) atoms. The highest BCUT2D eigenvalue weighted by Gasteiger charge is 2.27. The molecule has 0 atom stereocenters. The highest BCUT2D eigenvalue weighted by molar-refractivity contribution is 6.24. The van der Waals surface area contributed by atoms with Crippen molar-refractivity contribution in [3.63, 3.8) is 0 Å². The molecule has 1 aliphatic carbocycles. The minimum atomic E-state index is -0.173. The Labute approximate surface area is 191 Å². The van der Waals surface area contributed by atoms with E-state index in [4.69, 9.17) is 9.47 Å². The van der Waals surface area contributed by atoms with E-state index in [-0.39, 0.29) is 18.0 Å². The van der Waals surface area contributed by atoms with Crippen LogP contribution >= 0.6 is 0 Å². The topological polar surface area (TPSA) is 52.6 Å². The van der Waals surface area contributed by atoms with Crippen LogP contribution in [-0.2, 0) is 0 Å². The van der Waals surface area contributed by atoms with Gasteiger partial charge in [-0.15, -0.1) is 0 Å². The lowest BCUT2D eigenvalue weighted by molar-refractivity contribution is 0.0923. The summed E-state index contributed by atoms with van der Waals surface area (Å²) < 4.78 is 11.9. The van der Waals surface area contributed by atoms with Gasteiger partial charge >= 0.3 is 0 Å². The molecule has 4 aromatic rings. The Morgan fingerprint density at radius 1 is 0.515 bits per heavy atom. The average Bonchev–Trinajstić information content (AvgIpc) is 3.12. The van der Waals surface area contributed by atoms with E-state index in [2.05, 4.69) is 11.8 Å². The summed E-state index contributed by atoms with van der Waals surface area (Å²) in [6.07, 6.45) is -0.0725. The maximum Gasteiger partial charge on any atom is 0.171 e. The summed E-state index contributed by atoms with van der Waals surface area (Å²) in [6, 6.07) is 29.6. The normalized spacial score (nSPS) is 12.0. The summed E-state index contributed by atoms with van der Waals surface area (Å²) in [6.45, 7) is 0. The predicted octanol–water partition coefficient (Wildman–Crippen LogP) is 6.44. The first-order valence-electron chi connectivity index (χ1n) is 10.5. The number of hydrogen-bond donors (Lipinski definition) is 0. The van der Waals surface area contributed by atoms with E-state index in [9.17, 15) is 9.59 Å². The van der Waals surface area contributed by atoms with Crippen molar-refractivity contribution in [2.75, 3.05) is 0 Å². The van der Waals surface area contributed by atoms with Gasteiger partial charge in [0.1, 0.15) is 23.0 Å². The monoisotopic (exact) mass is 430 g/mol. The van der Waals surface area contributed by atoms with Crippen LogP contribution in [0.5, 0.6) is 23.0 Å². The SMILES string of the molecule is O=C1CC(=O)c2cc(Oc3cccc(Oc4cccc(C#Cc5ccccc5)c4)c3)ccc21. The van der Waals surface area contributed by atoms with Gasteiger partial charge in [0.25, 0.3) is 0 Å². The van der Waals surface area contributed by atoms with Gasteiger partial charge in [0.15, 0.2) is 11.6 Å². The molecule has 0 radical (unpaired) electrons. The first kappa shape index (κ1) is 20.3. The fourth-order valence-corrected chi connectivity index (χ4v) is 3.57. The van der Waals surface area contributed by atoms with E-state index in [1.807, 2.05) is 66.7 Å². The summed E-state index contributed by atoms with van der Waals surface area (Å²) in [5.41, 5.74) is 2.67. The zero-order valence-corrected chi connectivity index (χ0v) is 17.6. The zero-order valence-electron chi connectivity index (χ0n) is 17.6. The maximum absolute atomic E-state index is 12.0. The van der Waals surface area contributed by atoms with E-state index < -0.39 is 0 Å². The van der Waals surface area contributed by atoms with Crippen LogP contribution < -0.4 is 9.47 Å². The number of hydrogen-bond acceptors (Lipinski definition) is 4. The number of carbonyl (C=O) groups is 2. The molecule has 1 aliphatic rings. The van der Waals surface area contributed by atoms with E-state index in [0.717, 1.165) is 11.1 Å². The molecule has 0 aliphatic heterocycles. The molecular weight excluding hydrogens is 412 g/mol. The van der Waals surface area contributed by atoms with Gasteiger partial charge in [-0.1, -0.05) is 42.2 Å². The van der Waals surface area contributed by atoms with Crippen molar-refractivity contribution in [2.45, 2.75) is 6.42 Å². The van der Waals surface area contributed by atoms with Crippen LogP contribution in [0.15, 0.2) is 97.1 Å². The average molecular weight is 430 g/mol. The molecule has 158 valence electrons. The van der Waals surface area contributed by atoms with Crippen LogP contribution in [-0.4, -0.2) is 11.6 Å². The van der Waals surface area contributed by atoms with E-state index >= 15 is 0 Å². The van der Waals surface area contributed by atoms with Crippen LogP contribution in [0.3, 0.4) is 0 Å². The lowest BCUT2D eigenvalue weighted by Gasteiger charge is -2.10. The molecule has 0 unspecified atom stereocenters. The highest BCUT2D eigenvalue weighted by atomic mass is 16.5. The Morgan fingerprint density at radius 2 is 1.09 bits per heavy atom. The fourth-order valence-electron chi connectivity index (χ4n) is 3.57. The Hall–Kier alpha value is -4.62. The van der Waals surface area contributed by atoms with Gasteiger partial charge < -0.3 is 9.47 Å². The molecule has 0 aromatic heterocycles. The Balaban J connectivity index is 1.32. The Kier molecular flexibility index (Phi) is 5.45. The summed E-state index contributed by atoms with van der Waals surface area (Å²) in [7, 11) is 0. The number of ketones is 2. The van der Waals surface area contributed by atoms with Crippen LogP contribution in [0.25, 0.3) is 0 Å². The van der Waals surface area contributed by atoms with Crippen molar-refractivity contribution in [1.82, 2.24) is 0 Å². The smallest absolute Gasteiger partial charge is 0.171 e. The summed E-state index contributed by atoms with van der Waals surface area (Å²) in [4.78, 5) is 23.8. The lowest BCUT2D eigenvalue weighted by atomic mass is 10.1. The van der Waals surface area contributed by atoms with Gasteiger partial charge in [-0.3, -0.25) is 9.59 Å². The second-order valence-corrected chi connectivity index (χ2v) is 7.55. The molecule has 0 bridgehead atoms. The second-order valence-electron chi connectivity index (χ2n) is 7.55. The third kappa shape index (κ3) is 4.68. The van der Waals surface area contributed by atoms with E-state index in [0.29, 0.717) is 34.1 Å². The first-order valence-corrected chi connectivity index (χ1v) is 10.5. The quantitative estimate of drug-likeness (QED) is 0.276. The molecule has 0 heterocycles. The number of fused-ring (bicyclic) bond motifs is 1. The van der Waals surface area contributed by atoms with Crippen molar-refractivity contribution in [1.29, 1.82) is 0 Å². The fraction of sp³-hybridized carbons (Fsp3) is 0.0345. The number of benzene rings is 4. The summed E-state index contributed by atoms with van der Waals surface area (Å²) >= 11 is 0. The van der Waals surface area contributed by atoms with E-state index in [1.165, 1.54) is 0 Å². The number of carbonyl (C=O) groups excluding carboxylic acids is 2. The van der Waals surface area contributed by atoms with Gasteiger partial charge in [-0.25, -0.2) is 0 Å². The Bertz CT molecular complexity index is 1420. The molecule has 4 heteroatoms. The van der Waals surface area contributed by atoms with Crippen LogP contribution in [0.1, 0.15) is 38.3 Å². The molecule has 5 rings (SSSR count). The minimum Gasteiger partial charge on any atom is -0.457 e. The molecule has 0 amide bonds. The summed E-state index contributed by atoms with van der Waals surface area (Å²) in [5.74, 6) is 8.29. The standard InChI is InChI=1S/C29H18O4/c30-28-19-29(31)27-18-25(14-15-26(27)28)33-24-11-5-10-23(17-24)32-22-9-4-8-21(16-22)13-12-20-6-2-1-3-7-20/h1-11,14-18H,19H2. The molecule has 0 fully saturated rings. The minimum absolute atomic E-state index is 0.0725. The number of rotatable bonds is 4. The molecule has 4 nitrogen and oxygen atoms in total. The molecule has 0 spiro atoms. The van der Waals surface area contributed by atoms with Gasteiger partial charge in [0.05, 0.1) is 6.42 Å². The first-order chi connectivity index (χ1) is 16.1. The van der Waals surface area contributed by atoms with Crippen LogP contribution in [0, 0.1) is 11.8 Å². The molecule has 0 saturated carbocycles.